The predicted molar refractivity (Wildman–Crippen MR) is 288 cm³/mol. The fourth-order valence-corrected chi connectivity index (χ4v) is 9.37. The second-order valence-electron chi connectivity index (χ2n) is 19.7. The van der Waals surface area contributed by atoms with Crippen LogP contribution in [0.4, 0.5) is 0 Å². The molecular weight excluding hydrogens is 1030 g/mol. The topological polar surface area (TPSA) is 349 Å². The van der Waals surface area contributed by atoms with Crippen LogP contribution in [0.25, 0.3) is 0 Å². The molecule has 4 amide bonds. The Morgan fingerprint density at radius 1 is 0.603 bits per heavy atom. The highest BCUT2D eigenvalue weighted by Gasteiger charge is 2.25. The number of rotatable bonds is 50. The molecule has 0 saturated heterocycles. The number of benzene rings is 1. The number of tetrazole rings is 1. The Morgan fingerprint density at radius 3 is 1.86 bits per heavy atom. The SMILES string of the molecule is Cc1cccc(C(=O)CCCNC(=O)COCCOCCCC(=O)CCC(NC(=O)CCC(CC(=O)CCCNC(=O)CCCS(=O)(=O)NC(=O)CCCCCCCCCCCCCCCc2nn[nH]n2)C(=O)O)C(=O)O)c1. The zero-order chi connectivity index (χ0) is 57.2. The number of hydrogen-bond acceptors (Lipinski definition) is 16. The van der Waals surface area contributed by atoms with Crippen LogP contribution in [0.5, 0.6) is 0 Å². The first-order valence-corrected chi connectivity index (χ1v) is 29.4. The van der Waals surface area contributed by atoms with Crippen molar-refractivity contribution >= 4 is 62.9 Å². The minimum Gasteiger partial charge on any atom is -0.481 e. The zero-order valence-electron chi connectivity index (χ0n) is 45.7. The zero-order valence-corrected chi connectivity index (χ0v) is 46.5. The van der Waals surface area contributed by atoms with Gasteiger partial charge in [0.05, 0.1) is 24.9 Å². The third-order valence-corrected chi connectivity index (χ3v) is 14.1. The Balaban J connectivity index is 1.45. The van der Waals surface area contributed by atoms with E-state index in [0.29, 0.717) is 37.8 Å². The molecule has 0 spiro atoms. The molecule has 78 heavy (non-hydrogen) atoms. The highest BCUT2D eigenvalue weighted by atomic mass is 32.2. The van der Waals surface area contributed by atoms with Gasteiger partial charge in [0.15, 0.2) is 11.6 Å². The number of Topliss-reactive ketones (excluding diaryl/α,β-unsaturated/α-hetero) is 3. The summed E-state index contributed by atoms with van der Waals surface area (Å²) in [5.41, 5.74) is 1.64. The molecule has 0 bridgehead atoms. The molecule has 438 valence electrons. The van der Waals surface area contributed by atoms with Crippen molar-refractivity contribution in [2.75, 3.05) is 45.3 Å². The second-order valence-corrected chi connectivity index (χ2v) is 21.5. The van der Waals surface area contributed by atoms with Crippen LogP contribution in [0.3, 0.4) is 0 Å². The maximum atomic E-state index is 12.6. The highest BCUT2D eigenvalue weighted by Crippen LogP contribution is 2.16. The van der Waals surface area contributed by atoms with Crippen LogP contribution >= 0.6 is 0 Å². The minimum atomic E-state index is -3.91. The number of carbonyl (C=O) groups is 9. The lowest BCUT2D eigenvalue weighted by Crippen LogP contribution is -2.41. The average Bonchev–Trinajstić information content (AvgIpc) is 3.92. The van der Waals surface area contributed by atoms with Crippen LogP contribution in [0.15, 0.2) is 24.3 Å². The van der Waals surface area contributed by atoms with Gasteiger partial charge in [-0.3, -0.25) is 43.1 Å². The number of carboxylic acid groups (broad SMARTS) is 2. The van der Waals surface area contributed by atoms with Gasteiger partial charge in [-0.05, 0) is 64.4 Å². The van der Waals surface area contributed by atoms with Crippen molar-refractivity contribution in [3.05, 3.63) is 41.2 Å². The first-order chi connectivity index (χ1) is 37.4. The molecule has 24 heteroatoms. The van der Waals surface area contributed by atoms with Gasteiger partial charge in [-0.15, -0.1) is 10.2 Å². The van der Waals surface area contributed by atoms with Crippen LogP contribution in [0.2, 0.25) is 0 Å². The molecule has 0 aliphatic carbocycles. The maximum absolute atomic E-state index is 12.6. The van der Waals surface area contributed by atoms with Gasteiger partial charge in [0.2, 0.25) is 33.7 Å². The fourth-order valence-electron chi connectivity index (χ4n) is 8.30. The first-order valence-electron chi connectivity index (χ1n) is 27.8. The Morgan fingerprint density at radius 2 is 1.22 bits per heavy atom. The lowest BCUT2D eigenvalue weighted by molar-refractivity contribution is -0.145. The van der Waals surface area contributed by atoms with Crippen molar-refractivity contribution in [3.63, 3.8) is 0 Å². The molecule has 2 aromatic rings. The van der Waals surface area contributed by atoms with Crippen molar-refractivity contribution in [1.82, 2.24) is 41.3 Å². The number of carbonyl (C=O) groups excluding carboxylic acids is 7. The van der Waals surface area contributed by atoms with E-state index in [4.69, 9.17) is 9.47 Å². The summed E-state index contributed by atoms with van der Waals surface area (Å²) in [6, 6.07) is 5.93. The molecule has 0 aliphatic rings. The van der Waals surface area contributed by atoms with Crippen LogP contribution in [-0.2, 0) is 64.3 Å². The molecule has 0 fully saturated rings. The summed E-state index contributed by atoms with van der Waals surface area (Å²) in [7, 11) is -3.91. The van der Waals surface area contributed by atoms with Gasteiger partial charge in [0, 0.05) is 83.0 Å². The van der Waals surface area contributed by atoms with E-state index in [1.54, 1.807) is 6.07 Å². The Labute approximate surface area is 459 Å². The number of hydrogen-bond donors (Lipinski definition) is 7. The van der Waals surface area contributed by atoms with E-state index in [1.807, 2.05) is 25.1 Å². The van der Waals surface area contributed by atoms with Crippen LogP contribution in [-0.4, -0.2) is 143 Å². The van der Waals surface area contributed by atoms with Crippen molar-refractivity contribution < 1.29 is 71.3 Å². The number of nitrogens with zero attached hydrogens (tertiary/aromatic N) is 3. The number of nitrogens with one attached hydrogen (secondary N) is 5. The Bertz CT molecular complexity index is 2230. The van der Waals surface area contributed by atoms with E-state index in [2.05, 4.69) is 41.3 Å². The molecule has 2 atom stereocenters. The summed E-state index contributed by atoms with van der Waals surface area (Å²) in [4.78, 5) is 110. The smallest absolute Gasteiger partial charge is 0.326 e. The normalized spacial score (nSPS) is 12.1. The molecule has 2 unspecified atom stereocenters. The van der Waals surface area contributed by atoms with E-state index in [-0.39, 0.29) is 121 Å². The number of ketones is 3. The minimum absolute atomic E-state index is 0.00929. The molecule has 0 saturated carbocycles. The van der Waals surface area contributed by atoms with E-state index >= 15 is 0 Å². The number of aromatic nitrogens is 4. The summed E-state index contributed by atoms with van der Waals surface area (Å²) in [5.74, 6) is -6.31. The van der Waals surface area contributed by atoms with Crippen molar-refractivity contribution in [2.45, 2.75) is 193 Å². The molecule has 0 radical (unpaired) electrons. The maximum Gasteiger partial charge on any atom is 0.326 e. The monoisotopic (exact) mass is 1120 g/mol. The van der Waals surface area contributed by atoms with E-state index in [9.17, 15) is 61.8 Å². The Hall–Kier alpha value is -6.01. The van der Waals surface area contributed by atoms with Gasteiger partial charge < -0.3 is 35.6 Å². The van der Waals surface area contributed by atoms with Gasteiger partial charge >= 0.3 is 11.9 Å². The lowest BCUT2D eigenvalue weighted by Gasteiger charge is -2.16. The lowest BCUT2D eigenvalue weighted by atomic mass is 9.95. The number of H-pyrrole nitrogens is 1. The van der Waals surface area contributed by atoms with Crippen LogP contribution in [0, 0.1) is 12.8 Å². The van der Waals surface area contributed by atoms with Gasteiger partial charge in [-0.1, -0.05) is 99.6 Å². The number of carboxylic acids is 2. The highest BCUT2D eigenvalue weighted by molar-refractivity contribution is 7.90. The molecular formula is C54H86N8O15S. The number of aromatic amines is 1. The van der Waals surface area contributed by atoms with Crippen molar-refractivity contribution in [2.24, 2.45) is 5.92 Å². The van der Waals surface area contributed by atoms with Crippen molar-refractivity contribution in [3.8, 4) is 0 Å². The van der Waals surface area contributed by atoms with Gasteiger partial charge in [0.25, 0.3) is 0 Å². The second kappa shape index (κ2) is 42.0. The van der Waals surface area contributed by atoms with Crippen LogP contribution in [0.1, 0.15) is 195 Å². The third kappa shape index (κ3) is 36.2. The van der Waals surface area contributed by atoms with E-state index in [1.165, 1.54) is 44.9 Å². The molecule has 1 aromatic carbocycles. The molecule has 2 rings (SSSR count). The summed E-state index contributed by atoms with van der Waals surface area (Å²) < 4.78 is 37.6. The molecule has 1 heterocycles. The predicted octanol–water partition coefficient (Wildman–Crippen LogP) is 5.59. The van der Waals surface area contributed by atoms with E-state index < -0.39 is 63.2 Å². The Kier molecular flexibility index (Phi) is 36.7. The number of aryl methyl sites for hydroxylation is 2. The summed E-state index contributed by atoms with van der Waals surface area (Å²) in [6.45, 7) is 2.68. The van der Waals surface area contributed by atoms with Crippen molar-refractivity contribution in [1.29, 1.82) is 0 Å². The number of sulfonamides is 1. The molecule has 0 aliphatic heterocycles. The first kappa shape index (κ1) is 68.1. The molecule has 23 nitrogen and oxygen atoms in total. The number of aliphatic carboxylic acids is 2. The van der Waals surface area contributed by atoms with E-state index in [0.717, 1.165) is 49.9 Å². The number of unbranched alkanes of at least 4 members (excludes halogenated alkanes) is 12. The third-order valence-electron chi connectivity index (χ3n) is 12.7. The number of ether oxygens (including phenoxy) is 2. The molecule has 1 aromatic heterocycles. The van der Waals surface area contributed by atoms with Gasteiger partial charge in [0.1, 0.15) is 24.2 Å². The molecule has 7 N–H and O–H groups in total. The number of amides is 4. The van der Waals surface area contributed by atoms with Gasteiger partial charge in [-0.2, -0.15) is 5.21 Å². The van der Waals surface area contributed by atoms with Crippen LogP contribution < -0.4 is 20.7 Å². The summed E-state index contributed by atoms with van der Waals surface area (Å²) >= 11 is 0. The average molecular weight is 1120 g/mol. The summed E-state index contributed by atoms with van der Waals surface area (Å²) in [6.07, 6.45) is 15.0. The van der Waals surface area contributed by atoms with Gasteiger partial charge in [-0.25, -0.2) is 13.2 Å². The fraction of sp³-hybridized carbons (Fsp3) is 0.704. The standard InChI is InChI=1S/C54H86N8O15S/c1-41-20-15-21-42(38-41)47(65)24-17-33-56-52(69)40-77-36-35-76-34-18-23-44(63)29-30-46(54(72)73)57-50(67)31-28-43(53(70)71)39-45(64)22-16-32-55-49(66)27-19-37-78(74,75)60-51(68)26-14-12-10-8-6-4-2-3-5-7-9-11-13-25-48-58-61-62-59-48/h15,20-21,38,43,46H,2-14,16-19,22-37,39-40H2,1H3,(H,55,66)(H,56,69)(H,57,67)(H,60,68)(H,70,71)(H,72,73)(H,58,59,61,62). The largest absolute Gasteiger partial charge is 0.481 e. The summed E-state index contributed by atoms with van der Waals surface area (Å²) in [5, 5.41) is 40.9. The quantitative estimate of drug-likeness (QED) is 0.0314.